The molecule has 6 nitrogen and oxygen atoms in total. The minimum absolute atomic E-state index is 0.0274. The predicted molar refractivity (Wildman–Crippen MR) is 76.6 cm³/mol. The van der Waals surface area contributed by atoms with Crippen LogP contribution in [0.15, 0.2) is 0 Å². The van der Waals surface area contributed by atoms with Gasteiger partial charge in [-0.1, -0.05) is 11.3 Å². The molecule has 7 heteroatoms. The summed E-state index contributed by atoms with van der Waals surface area (Å²) in [6.07, 6.45) is 1.63. The largest absolute Gasteiger partial charge is 0.394 e. The van der Waals surface area contributed by atoms with E-state index >= 15 is 0 Å². The summed E-state index contributed by atoms with van der Waals surface area (Å²) >= 11 is 1.30. The highest BCUT2D eigenvalue weighted by molar-refractivity contribution is 7.18. The fourth-order valence-electron chi connectivity index (χ4n) is 1.88. The number of aliphatic hydroxyl groups is 1. The van der Waals surface area contributed by atoms with Crippen LogP contribution in [0.25, 0.3) is 0 Å². The zero-order valence-corrected chi connectivity index (χ0v) is 12.1. The molecule has 0 saturated heterocycles. The molecule has 1 saturated carbocycles. The molecule has 1 amide bonds. The lowest BCUT2D eigenvalue weighted by atomic mass is 10.3. The Morgan fingerprint density at radius 1 is 1.53 bits per heavy atom. The Bertz CT molecular complexity index is 466. The van der Waals surface area contributed by atoms with Gasteiger partial charge in [0.15, 0.2) is 5.13 Å². The molecule has 1 heterocycles. The van der Waals surface area contributed by atoms with E-state index in [-0.39, 0.29) is 18.3 Å². The summed E-state index contributed by atoms with van der Waals surface area (Å²) in [4.78, 5) is 18.9. The van der Waals surface area contributed by atoms with Gasteiger partial charge in [-0.15, -0.1) is 0 Å². The first-order chi connectivity index (χ1) is 9.05. The van der Waals surface area contributed by atoms with E-state index in [0.717, 1.165) is 31.1 Å². The molecule has 4 N–H and O–H groups in total. The third kappa shape index (κ3) is 2.82. The number of amides is 1. The van der Waals surface area contributed by atoms with E-state index < -0.39 is 5.54 Å². The number of hydrogen-bond acceptors (Lipinski definition) is 6. The molecule has 0 spiro atoms. The maximum absolute atomic E-state index is 12.1. The summed E-state index contributed by atoms with van der Waals surface area (Å²) in [6, 6.07) is 0. The van der Waals surface area contributed by atoms with E-state index in [1.165, 1.54) is 11.3 Å². The van der Waals surface area contributed by atoms with Crippen LogP contribution in [0.3, 0.4) is 0 Å². The standard InChI is InChI=1S/C12H20N4O2S/c1-3-16(4-2)11-14-9(13)8(19-11)10(18)15-12(7-17)5-6-12/h17H,3-7,13H2,1-2H3,(H,15,18). The summed E-state index contributed by atoms with van der Waals surface area (Å²) < 4.78 is 0. The molecule has 1 aromatic rings. The SMILES string of the molecule is CCN(CC)c1nc(N)c(C(=O)NC2(CO)CC2)s1. The smallest absolute Gasteiger partial charge is 0.265 e. The molecular formula is C12H20N4O2S. The first kappa shape index (κ1) is 14.1. The first-order valence-corrected chi connectivity index (χ1v) is 7.31. The second kappa shape index (κ2) is 5.34. The van der Waals surface area contributed by atoms with Gasteiger partial charge >= 0.3 is 0 Å². The Hall–Kier alpha value is -1.34. The lowest BCUT2D eigenvalue weighted by Gasteiger charge is -2.16. The molecule has 19 heavy (non-hydrogen) atoms. The summed E-state index contributed by atoms with van der Waals surface area (Å²) in [7, 11) is 0. The normalized spacial score (nSPS) is 16.2. The van der Waals surface area contributed by atoms with Gasteiger partial charge in [0.25, 0.3) is 5.91 Å². The number of nitrogens with zero attached hydrogens (tertiary/aromatic N) is 2. The number of hydrogen-bond donors (Lipinski definition) is 3. The van der Waals surface area contributed by atoms with Gasteiger partial charge in [-0.2, -0.15) is 0 Å². The Labute approximate surface area is 116 Å². The molecule has 0 radical (unpaired) electrons. The predicted octanol–water partition coefficient (Wildman–Crippen LogP) is 0.826. The monoisotopic (exact) mass is 284 g/mol. The highest BCUT2D eigenvalue weighted by Gasteiger charge is 2.44. The van der Waals surface area contributed by atoms with Crippen molar-refractivity contribution in [3.63, 3.8) is 0 Å². The summed E-state index contributed by atoms with van der Waals surface area (Å²) in [5, 5.41) is 12.8. The van der Waals surface area contributed by atoms with Crippen molar-refractivity contribution in [3.8, 4) is 0 Å². The van der Waals surface area contributed by atoms with Crippen molar-refractivity contribution in [1.82, 2.24) is 10.3 Å². The number of aliphatic hydroxyl groups excluding tert-OH is 1. The van der Waals surface area contributed by atoms with Gasteiger partial charge in [0.2, 0.25) is 0 Å². The fourth-order valence-corrected chi connectivity index (χ4v) is 2.89. The number of thiazole rings is 1. The van der Waals surface area contributed by atoms with Gasteiger partial charge in [0, 0.05) is 13.1 Å². The Balaban J connectivity index is 2.14. The number of carbonyl (C=O) groups is 1. The van der Waals surface area contributed by atoms with Gasteiger partial charge in [-0.05, 0) is 26.7 Å². The highest BCUT2D eigenvalue weighted by Crippen LogP contribution is 2.36. The molecule has 0 unspecified atom stereocenters. The van der Waals surface area contributed by atoms with Crippen molar-refractivity contribution in [2.45, 2.75) is 32.2 Å². The van der Waals surface area contributed by atoms with Crippen LogP contribution in [0.5, 0.6) is 0 Å². The molecule has 0 atom stereocenters. The lowest BCUT2D eigenvalue weighted by Crippen LogP contribution is -2.39. The van der Waals surface area contributed by atoms with E-state index in [9.17, 15) is 9.90 Å². The molecule has 0 aromatic carbocycles. The third-order valence-corrected chi connectivity index (χ3v) is 4.55. The number of carbonyl (C=O) groups excluding carboxylic acids is 1. The Morgan fingerprint density at radius 3 is 2.63 bits per heavy atom. The van der Waals surface area contributed by atoms with E-state index in [0.29, 0.717) is 4.88 Å². The summed E-state index contributed by atoms with van der Waals surface area (Å²) in [6.45, 7) is 5.69. The summed E-state index contributed by atoms with van der Waals surface area (Å²) in [5.74, 6) is 0.0260. The first-order valence-electron chi connectivity index (χ1n) is 6.50. The van der Waals surface area contributed by atoms with E-state index in [2.05, 4.69) is 15.2 Å². The second-order valence-electron chi connectivity index (χ2n) is 4.78. The Kier molecular flexibility index (Phi) is 3.96. The van der Waals surface area contributed by atoms with Crippen molar-refractivity contribution < 1.29 is 9.90 Å². The quantitative estimate of drug-likeness (QED) is 0.719. The van der Waals surface area contributed by atoms with Crippen LogP contribution < -0.4 is 16.0 Å². The zero-order valence-electron chi connectivity index (χ0n) is 11.3. The highest BCUT2D eigenvalue weighted by atomic mass is 32.1. The van der Waals surface area contributed by atoms with Gasteiger partial charge < -0.3 is 21.1 Å². The number of nitrogens with one attached hydrogen (secondary N) is 1. The summed E-state index contributed by atoms with van der Waals surface area (Å²) in [5.41, 5.74) is 5.39. The van der Waals surface area contributed by atoms with Crippen LogP contribution in [0.2, 0.25) is 0 Å². The fraction of sp³-hybridized carbons (Fsp3) is 0.667. The third-order valence-electron chi connectivity index (χ3n) is 3.42. The average Bonchev–Trinajstić information content (AvgIpc) is 3.06. The zero-order chi connectivity index (χ0) is 14.0. The van der Waals surface area contributed by atoms with Gasteiger partial charge in [0.1, 0.15) is 10.7 Å². The lowest BCUT2D eigenvalue weighted by molar-refractivity contribution is 0.0911. The van der Waals surface area contributed by atoms with Crippen LogP contribution in [-0.2, 0) is 0 Å². The number of aromatic nitrogens is 1. The molecule has 106 valence electrons. The average molecular weight is 284 g/mol. The van der Waals surface area contributed by atoms with Crippen molar-refractivity contribution in [1.29, 1.82) is 0 Å². The van der Waals surface area contributed by atoms with Gasteiger partial charge in [-0.3, -0.25) is 4.79 Å². The minimum Gasteiger partial charge on any atom is -0.394 e. The molecule has 1 aliphatic carbocycles. The number of nitrogen functional groups attached to an aromatic ring is 1. The van der Waals surface area contributed by atoms with Crippen LogP contribution in [0.1, 0.15) is 36.4 Å². The van der Waals surface area contributed by atoms with Crippen LogP contribution in [0.4, 0.5) is 10.9 Å². The topological polar surface area (TPSA) is 91.5 Å². The van der Waals surface area contributed by atoms with Crippen LogP contribution in [-0.4, -0.2) is 41.2 Å². The number of nitrogens with two attached hydrogens (primary N) is 1. The molecule has 2 rings (SSSR count). The second-order valence-corrected chi connectivity index (χ2v) is 5.75. The molecular weight excluding hydrogens is 264 g/mol. The molecule has 0 bridgehead atoms. The van der Waals surface area contributed by atoms with Crippen LogP contribution >= 0.6 is 11.3 Å². The maximum atomic E-state index is 12.1. The molecule has 0 aliphatic heterocycles. The minimum atomic E-state index is -0.428. The van der Waals surface area contributed by atoms with E-state index in [4.69, 9.17) is 5.73 Å². The van der Waals surface area contributed by atoms with Crippen molar-refractivity contribution >= 4 is 28.2 Å². The van der Waals surface area contributed by atoms with Crippen LogP contribution in [0, 0.1) is 0 Å². The molecule has 1 fully saturated rings. The molecule has 1 aromatic heterocycles. The van der Waals surface area contributed by atoms with Crippen molar-refractivity contribution in [2.24, 2.45) is 0 Å². The maximum Gasteiger partial charge on any atom is 0.265 e. The van der Waals surface area contributed by atoms with Crippen molar-refractivity contribution in [2.75, 3.05) is 30.3 Å². The van der Waals surface area contributed by atoms with Gasteiger partial charge in [-0.25, -0.2) is 4.98 Å². The number of rotatable bonds is 6. The van der Waals surface area contributed by atoms with E-state index in [1.807, 2.05) is 13.8 Å². The Morgan fingerprint density at radius 2 is 2.16 bits per heavy atom. The molecule has 1 aliphatic rings. The van der Waals surface area contributed by atoms with Crippen molar-refractivity contribution in [3.05, 3.63) is 4.88 Å². The number of anilines is 2. The van der Waals surface area contributed by atoms with Gasteiger partial charge in [0.05, 0.1) is 12.1 Å². The van der Waals surface area contributed by atoms with E-state index in [1.54, 1.807) is 0 Å².